The molecule has 0 aromatic rings. The van der Waals surface area contributed by atoms with Crippen LogP contribution < -0.4 is 5.32 Å². The molecule has 0 aliphatic carbocycles. The van der Waals surface area contributed by atoms with E-state index in [9.17, 15) is 19.2 Å². The number of carbonyl (C=O) groups is 4. The van der Waals surface area contributed by atoms with Crippen molar-refractivity contribution in [3.63, 3.8) is 0 Å². The molecule has 3 unspecified atom stereocenters. The number of amides is 4. The number of rotatable bonds is 7. The number of hydrogen-bond acceptors (Lipinski definition) is 5. The summed E-state index contributed by atoms with van der Waals surface area (Å²) < 4.78 is 0. The third-order valence-electron chi connectivity index (χ3n) is 4.57. The molecule has 0 aromatic carbocycles. The van der Waals surface area contributed by atoms with Crippen LogP contribution >= 0.6 is 0 Å². The Morgan fingerprint density at radius 3 is 2.13 bits per heavy atom. The van der Waals surface area contributed by atoms with Crippen LogP contribution in [0.5, 0.6) is 0 Å². The van der Waals surface area contributed by atoms with Gasteiger partial charge < -0.3 is 5.32 Å². The molecule has 0 saturated carbocycles. The molecule has 0 spiro atoms. The Hall–Kier alpha value is -1.76. The molecular weight excluding hydrogens is 298 g/mol. The maximum atomic E-state index is 11.9. The van der Waals surface area contributed by atoms with Crippen LogP contribution in [0.3, 0.4) is 0 Å². The maximum Gasteiger partial charge on any atom is 0.232 e. The van der Waals surface area contributed by atoms with Gasteiger partial charge in [0.1, 0.15) is 0 Å². The number of carbonyl (C=O) groups excluding carboxylic acids is 4. The first-order chi connectivity index (χ1) is 10.8. The smallest absolute Gasteiger partial charge is 0.232 e. The van der Waals surface area contributed by atoms with Crippen molar-refractivity contribution in [1.82, 2.24) is 15.1 Å². The normalized spacial score (nSPS) is 26.6. The summed E-state index contributed by atoms with van der Waals surface area (Å²) in [7, 11) is 0. The molecule has 3 atom stereocenters. The quantitative estimate of drug-likeness (QED) is 0.532. The van der Waals surface area contributed by atoms with Gasteiger partial charge in [0.25, 0.3) is 0 Å². The molecule has 7 heteroatoms. The molecule has 0 bridgehead atoms. The molecule has 2 saturated heterocycles. The van der Waals surface area contributed by atoms with Gasteiger partial charge in [-0.2, -0.15) is 0 Å². The second-order valence-electron chi connectivity index (χ2n) is 6.58. The fourth-order valence-electron chi connectivity index (χ4n) is 3.11. The fourth-order valence-corrected chi connectivity index (χ4v) is 3.11. The Bertz CT molecular complexity index is 519. The largest absolute Gasteiger partial charge is 0.315 e. The molecule has 23 heavy (non-hydrogen) atoms. The molecule has 4 amide bonds. The van der Waals surface area contributed by atoms with Crippen molar-refractivity contribution in [3.8, 4) is 0 Å². The number of nitrogens with one attached hydrogen (secondary N) is 1. The highest BCUT2D eigenvalue weighted by molar-refractivity contribution is 6.04. The van der Waals surface area contributed by atoms with E-state index in [0.717, 1.165) is 0 Å². The lowest BCUT2D eigenvalue weighted by atomic mass is 10.1. The van der Waals surface area contributed by atoms with Gasteiger partial charge in [-0.3, -0.25) is 29.0 Å². The van der Waals surface area contributed by atoms with E-state index in [-0.39, 0.29) is 41.5 Å². The number of nitrogens with zero attached hydrogens (tertiary/aromatic N) is 2. The third kappa shape index (κ3) is 3.77. The van der Waals surface area contributed by atoms with Crippen molar-refractivity contribution in [2.45, 2.75) is 46.1 Å². The van der Waals surface area contributed by atoms with E-state index in [2.05, 4.69) is 5.32 Å². The summed E-state index contributed by atoms with van der Waals surface area (Å²) >= 11 is 0. The Morgan fingerprint density at radius 2 is 1.61 bits per heavy atom. The zero-order valence-corrected chi connectivity index (χ0v) is 14.0. The fraction of sp³-hybridized carbons (Fsp3) is 0.750. The van der Waals surface area contributed by atoms with Gasteiger partial charge in [-0.15, -0.1) is 0 Å². The average molecular weight is 323 g/mol. The van der Waals surface area contributed by atoms with Crippen LogP contribution in [0, 0.1) is 11.8 Å². The topological polar surface area (TPSA) is 86.8 Å². The summed E-state index contributed by atoms with van der Waals surface area (Å²) in [5.41, 5.74) is 0. The second kappa shape index (κ2) is 7.21. The highest BCUT2D eigenvalue weighted by Gasteiger charge is 2.38. The minimum Gasteiger partial charge on any atom is -0.315 e. The lowest BCUT2D eigenvalue weighted by Gasteiger charge is -2.23. The standard InChI is InChI=1S/C16H25N3O4/c1-10-8-13(20)18(15(10)22)7-6-17-5-4-12(3)19-14(21)9-11(2)16(19)23/h10-12,17H,4-9H2,1-3H3. The lowest BCUT2D eigenvalue weighted by Crippen LogP contribution is -2.41. The van der Waals surface area contributed by atoms with Crippen molar-refractivity contribution in [2.24, 2.45) is 11.8 Å². The van der Waals surface area contributed by atoms with Crippen LogP contribution in [0.15, 0.2) is 0 Å². The summed E-state index contributed by atoms with van der Waals surface area (Å²) in [5, 5.41) is 3.17. The number of imide groups is 2. The Balaban J connectivity index is 1.68. The molecule has 0 radical (unpaired) electrons. The summed E-state index contributed by atoms with van der Waals surface area (Å²) in [4.78, 5) is 49.8. The van der Waals surface area contributed by atoms with Crippen LogP contribution in [0.4, 0.5) is 0 Å². The summed E-state index contributed by atoms with van der Waals surface area (Å²) in [6.45, 7) is 6.92. The first-order valence-corrected chi connectivity index (χ1v) is 8.23. The van der Waals surface area contributed by atoms with Crippen molar-refractivity contribution < 1.29 is 19.2 Å². The summed E-state index contributed by atoms with van der Waals surface area (Å²) in [5.74, 6) is -0.835. The highest BCUT2D eigenvalue weighted by atomic mass is 16.2. The minimum atomic E-state index is -0.216. The van der Waals surface area contributed by atoms with E-state index >= 15 is 0 Å². The van der Waals surface area contributed by atoms with Crippen LogP contribution in [0.1, 0.15) is 40.0 Å². The van der Waals surface area contributed by atoms with E-state index in [1.807, 2.05) is 6.92 Å². The predicted molar refractivity (Wildman–Crippen MR) is 83.1 cm³/mol. The molecule has 128 valence electrons. The maximum absolute atomic E-state index is 11.9. The monoisotopic (exact) mass is 323 g/mol. The highest BCUT2D eigenvalue weighted by Crippen LogP contribution is 2.22. The van der Waals surface area contributed by atoms with E-state index in [1.54, 1.807) is 13.8 Å². The van der Waals surface area contributed by atoms with Crippen molar-refractivity contribution in [2.75, 3.05) is 19.6 Å². The molecule has 2 rings (SSSR count). The van der Waals surface area contributed by atoms with Crippen LogP contribution in [-0.4, -0.2) is 59.1 Å². The molecule has 7 nitrogen and oxygen atoms in total. The Morgan fingerprint density at radius 1 is 1.00 bits per heavy atom. The minimum absolute atomic E-state index is 0.0928. The van der Waals surface area contributed by atoms with E-state index in [1.165, 1.54) is 9.80 Å². The van der Waals surface area contributed by atoms with E-state index < -0.39 is 0 Å². The van der Waals surface area contributed by atoms with Gasteiger partial charge in [0.2, 0.25) is 23.6 Å². The molecule has 2 heterocycles. The van der Waals surface area contributed by atoms with Crippen molar-refractivity contribution in [1.29, 1.82) is 0 Å². The Kier molecular flexibility index (Phi) is 5.51. The van der Waals surface area contributed by atoms with Gasteiger partial charge in [-0.05, 0) is 19.9 Å². The lowest BCUT2D eigenvalue weighted by molar-refractivity contribution is -0.142. The van der Waals surface area contributed by atoms with Crippen LogP contribution in [-0.2, 0) is 19.2 Å². The zero-order valence-electron chi connectivity index (χ0n) is 14.0. The van der Waals surface area contributed by atoms with Gasteiger partial charge in [0.05, 0.1) is 0 Å². The van der Waals surface area contributed by atoms with Crippen molar-refractivity contribution >= 4 is 23.6 Å². The van der Waals surface area contributed by atoms with Gasteiger partial charge in [0, 0.05) is 43.8 Å². The molecule has 2 fully saturated rings. The van der Waals surface area contributed by atoms with Gasteiger partial charge in [0.15, 0.2) is 0 Å². The van der Waals surface area contributed by atoms with Gasteiger partial charge in [-0.1, -0.05) is 13.8 Å². The summed E-state index contributed by atoms with van der Waals surface area (Å²) in [6, 6.07) is -0.137. The molecule has 0 aromatic heterocycles. The van der Waals surface area contributed by atoms with E-state index in [0.29, 0.717) is 38.9 Å². The zero-order chi connectivity index (χ0) is 17.1. The first kappa shape index (κ1) is 17.6. The summed E-state index contributed by atoms with van der Waals surface area (Å²) in [6.07, 6.45) is 1.25. The van der Waals surface area contributed by atoms with E-state index in [4.69, 9.17) is 0 Å². The van der Waals surface area contributed by atoms with Gasteiger partial charge in [-0.25, -0.2) is 0 Å². The molecule has 2 aliphatic rings. The third-order valence-corrected chi connectivity index (χ3v) is 4.57. The molecule has 1 N–H and O–H groups in total. The first-order valence-electron chi connectivity index (χ1n) is 8.23. The molecular formula is C16H25N3O4. The number of hydrogen-bond donors (Lipinski definition) is 1. The second-order valence-corrected chi connectivity index (χ2v) is 6.58. The predicted octanol–water partition coefficient (Wildman–Crippen LogP) is 0.145. The Labute approximate surface area is 136 Å². The average Bonchev–Trinajstić information content (AvgIpc) is 2.87. The molecule has 2 aliphatic heterocycles. The SMILES string of the molecule is CC1CC(=O)N(CCNCCC(C)N2C(=O)CC(C)C2=O)C1=O. The van der Waals surface area contributed by atoms with Crippen LogP contribution in [0.2, 0.25) is 0 Å². The number of likely N-dealkylation sites (tertiary alicyclic amines) is 2. The van der Waals surface area contributed by atoms with Crippen molar-refractivity contribution in [3.05, 3.63) is 0 Å². The van der Waals surface area contributed by atoms with Crippen LogP contribution in [0.25, 0.3) is 0 Å². The van der Waals surface area contributed by atoms with Gasteiger partial charge >= 0.3 is 0 Å².